The lowest BCUT2D eigenvalue weighted by Crippen LogP contribution is -2.21. The van der Waals surface area contributed by atoms with Crippen molar-refractivity contribution >= 4 is 39.8 Å². The number of hydrogen-bond acceptors (Lipinski definition) is 6. The van der Waals surface area contributed by atoms with Crippen molar-refractivity contribution < 1.29 is 22.4 Å². The van der Waals surface area contributed by atoms with Crippen molar-refractivity contribution in [2.75, 3.05) is 43.1 Å². The maximum atomic E-state index is 14.6. The summed E-state index contributed by atoms with van der Waals surface area (Å²) in [6.07, 6.45) is -2.81. The number of hydrogen-bond donors (Lipinski definition) is 4. The van der Waals surface area contributed by atoms with Crippen LogP contribution in [-0.4, -0.2) is 52.9 Å². The number of likely N-dealkylation sites (N-methyl/N-ethyl adjacent to an activating group) is 1. The molecule has 0 bridgehead atoms. The van der Waals surface area contributed by atoms with Gasteiger partial charge in [0.1, 0.15) is 11.4 Å². The van der Waals surface area contributed by atoms with Crippen molar-refractivity contribution in [1.29, 1.82) is 0 Å². The molecule has 0 spiro atoms. The van der Waals surface area contributed by atoms with Gasteiger partial charge in [-0.25, -0.2) is 14.4 Å². The molecule has 2 aromatic carbocycles. The second kappa shape index (κ2) is 10.4. The van der Waals surface area contributed by atoms with Gasteiger partial charge in [0.05, 0.1) is 17.1 Å². The van der Waals surface area contributed by atoms with Gasteiger partial charge < -0.3 is 25.8 Å². The summed E-state index contributed by atoms with van der Waals surface area (Å²) in [7, 11) is 3.87. The summed E-state index contributed by atoms with van der Waals surface area (Å²) >= 11 is 0. The minimum Gasteiger partial charge on any atom is -0.382 e. The van der Waals surface area contributed by atoms with Crippen molar-refractivity contribution in [1.82, 2.24) is 19.9 Å². The van der Waals surface area contributed by atoms with Crippen molar-refractivity contribution in [3.05, 3.63) is 60.2 Å². The smallest absolute Gasteiger partial charge is 0.382 e. The lowest BCUT2D eigenvalue weighted by atomic mass is 10.1. The van der Waals surface area contributed by atoms with Gasteiger partial charge in [-0.3, -0.25) is 4.79 Å². The number of fused-ring (bicyclic) bond motifs is 1. The standard InChI is InChI=1S/C25H25F4N7O/c1-14(37)33-21-11-15(7-8-19(21)30-9-10-36(2)3)34-24-32-13-17(25(27,28)29)23(35-24)16-12-31-20-6-4-5-18(26)22(16)20/h4-8,11-13,30-31H,9-10H2,1-3H3,(H,33,37)(H,32,34,35). The highest BCUT2D eigenvalue weighted by Crippen LogP contribution is 2.39. The van der Waals surface area contributed by atoms with E-state index < -0.39 is 23.3 Å². The number of carbonyl (C=O) groups excluding carboxylic acids is 1. The zero-order chi connectivity index (χ0) is 26.7. The maximum absolute atomic E-state index is 14.6. The SMILES string of the molecule is CC(=O)Nc1cc(Nc2ncc(C(F)(F)F)c(-c3c[nH]c4cccc(F)c34)n2)ccc1NCCN(C)C. The number of nitrogens with one attached hydrogen (secondary N) is 4. The first-order chi connectivity index (χ1) is 17.5. The molecule has 1 amide bonds. The number of aromatic nitrogens is 3. The molecule has 0 fully saturated rings. The van der Waals surface area contributed by atoms with Crippen LogP contribution in [0.1, 0.15) is 12.5 Å². The average Bonchev–Trinajstić information content (AvgIpc) is 3.25. The van der Waals surface area contributed by atoms with Gasteiger partial charge in [0.25, 0.3) is 0 Å². The molecule has 0 aliphatic rings. The average molecular weight is 516 g/mol. The van der Waals surface area contributed by atoms with Crippen LogP contribution < -0.4 is 16.0 Å². The number of rotatable bonds is 8. The largest absolute Gasteiger partial charge is 0.419 e. The highest BCUT2D eigenvalue weighted by atomic mass is 19.4. The van der Waals surface area contributed by atoms with Crippen molar-refractivity contribution in [3.63, 3.8) is 0 Å². The summed E-state index contributed by atoms with van der Waals surface area (Å²) in [4.78, 5) is 24.5. The lowest BCUT2D eigenvalue weighted by molar-refractivity contribution is -0.137. The van der Waals surface area contributed by atoms with Gasteiger partial charge in [0.2, 0.25) is 11.9 Å². The molecular weight excluding hydrogens is 490 g/mol. The highest BCUT2D eigenvalue weighted by Gasteiger charge is 2.36. The summed E-state index contributed by atoms with van der Waals surface area (Å²) in [6, 6.07) is 9.21. The van der Waals surface area contributed by atoms with Crippen LogP contribution in [0.4, 0.5) is 40.6 Å². The number of nitrogens with zero attached hydrogens (tertiary/aromatic N) is 3. The van der Waals surface area contributed by atoms with Gasteiger partial charge in [-0.1, -0.05) is 6.07 Å². The van der Waals surface area contributed by atoms with E-state index in [1.165, 1.54) is 25.3 Å². The van der Waals surface area contributed by atoms with E-state index in [0.29, 0.717) is 35.3 Å². The molecule has 4 N–H and O–H groups in total. The van der Waals surface area contributed by atoms with Crippen LogP contribution in [0.25, 0.3) is 22.2 Å². The zero-order valence-electron chi connectivity index (χ0n) is 20.3. The van der Waals surface area contributed by atoms with Gasteiger partial charge in [-0.05, 0) is 44.4 Å². The predicted octanol–water partition coefficient (Wildman–Crippen LogP) is 5.46. The first-order valence-electron chi connectivity index (χ1n) is 11.3. The highest BCUT2D eigenvalue weighted by molar-refractivity contribution is 5.96. The Hall–Kier alpha value is -4.19. The molecule has 4 aromatic rings. The van der Waals surface area contributed by atoms with E-state index in [2.05, 4.69) is 30.9 Å². The number of aromatic amines is 1. The normalized spacial score (nSPS) is 11.7. The van der Waals surface area contributed by atoms with Gasteiger partial charge in [0.15, 0.2) is 0 Å². The van der Waals surface area contributed by atoms with E-state index >= 15 is 0 Å². The fourth-order valence-corrected chi connectivity index (χ4v) is 3.79. The third kappa shape index (κ3) is 5.97. The van der Waals surface area contributed by atoms with Gasteiger partial charge in [0, 0.05) is 54.6 Å². The summed E-state index contributed by atoms with van der Waals surface area (Å²) in [5.41, 5.74) is 0.316. The Morgan fingerprint density at radius 3 is 2.62 bits per heavy atom. The minimum atomic E-state index is -4.76. The topological polar surface area (TPSA) is 98.0 Å². The number of H-pyrrole nitrogens is 1. The molecule has 0 radical (unpaired) electrons. The number of benzene rings is 2. The predicted molar refractivity (Wildman–Crippen MR) is 135 cm³/mol. The molecule has 8 nitrogen and oxygen atoms in total. The summed E-state index contributed by atoms with van der Waals surface area (Å²) in [5.74, 6) is -1.09. The Morgan fingerprint density at radius 2 is 1.92 bits per heavy atom. The Bertz CT molecular complexity index is 1430. The van der Waals surface area contributed by atoms with Crippen molar-refractivity contribution in [2.24, 2.45) is 0 Å². The molecule has 0 unspecified atom stereocenters. The van der Waals surface area contributed by atoms with Gasteiger partial charge >= 0.3 is 6.18 Å². The maximum Gasteiger partial charge on any atom is 0.419 e. The van der Waals surface area contributed by atoms with E-state index in [4.69, 9.17) is 0 Å². The third-order valence-corrected chi connectivity index (χ3v) is 5.47. The zero-order valence-corrected chi connectivity index (χ0v) is 20.3. The van der Waals surface area contributed by atoms with Crippen LogP contribution in [0, 0.1) is 5.82 Å². The number of anilines is 4. The van der Waals surface area contributed by atoms with Crippen LogP contribution in [0.15, 0.2) is 48.8 Å². The van der Waals surface area contributed by atoms with Gasteiger partial charge in [-0.2, -0.15) is 13.2 Å². The summed E-state index contributed by atoms with van der Waals surface area (Å²) in [5, 5.41) is 8.85. The molecule has 4 rings (SSSR count). The summed E-state index contributed by atoms with van der Waals surface area (Å²) < 4.78 is 56.0. The number of alkyl halides is 3. The van der Waals surface area contributed by atoms with Crippen LogP contribution in [0.2, 0.25) is 0 Å². The monoisotopic (exact) mass is 515 g/mol. The second-order valence-corrected chi connectivity index (χ2v) is 8.61. The van der Waals surface area contributed by atoms with Crippen molar-refractivity contribution in [3.8, 4) is 11.3 Å². The van der Waals surface area contributed by atoms with Gasteiger partial charge in [-0.15, -0.1) is 0 Å². The molecule has 194 valence electrons. The molecule has 2 heterocycles. The Labute approximate surface area is 210 Å². The molecular formula is C25H25F4N7O. The fraction of sp³-hybridized carbons (Fsp3) is 0.240. The van der Waals surface area contributed by atoms with E-state index in [-0.39, 0.29) is 22.8 Å². The lowest BCUT2D eigenvalue weighted by Gasteiger charge is -2.17. The van der Waals surface area contributed by atoms with Crippen LogP contribution in [0.3, 0.4) is 0 Å². The van der Waals surface area contributed by atoms with Crippen molar-refractivity contribution in [2.45, 2.75) is 13.1 Å². The molecule has 0 aliphatic heterocycles. The van der Waals surface area contributed by atoms with E-state index in [1.807, 2.05) is 19.0 Å². The van der Waals surface area contributed by atoms with Crippen LogP contribution in [-0.2, 0) is 11.0 Å². The van der Waals surface area contributed by atoms with Crippen LogP contribution in [0.5, 0.6) is 0 Å². The quantitative estimate of drug-likeness (QED) is 0.233. The minimum absolute atomic E-state index is 0.00116. The molecule has 0 atom stereocenters. The molecule has 0 saturated carbocycles. The molecule has 12 heteroatoms. The van der Waals surface area contributed by atoms with E-state index in [1.54, 1.807) is 24.3 Å². The fourth-order valence-electron chi connectivity index (χ4n) is 3.79. The van der Waals surface area contributed by atoms with E-state index in [0.717, 1.165) is 6.54 Å². The van der Waals surface area contributed by atoms with Crippen LogP contribution >= 0.6 is 0 Å². The Kier molecular flexibility index (Phi) is 7.30. The third-order valence-electron chi connectivity index (χ3n) is 5.47. The molecule has 0 saturated heterocycles. The second-order valence-electron chi connectivity index (χ2n) is 8.61. The molecule has 0 aliphatic carbocycles. The number of carbonyl (C=O) groups is 1. The first-order valence-corrected chi connectivity index (χ1v) is 11.3. The number of halogens is 4. The Balaban J connectivity index is 1.71. The first kappa shape index (κ1) is 25.9. The Morgan fingerprint density at radius 1 is 1.14 bits per heavy atom. The molecule has 37 heavy (non-hydrogen) atoms. The van der Waals surface area contributed by atoms with E-state index in [9.17, 15) is 22.4 Å². The number of amides is 1. The summed E-state index contributed by atoms with van der Waals surface area (Å²) in [6.45, 7) is 2.75. The molecule has 2 aromatic heterocycles.